The van der Waals surface area contributed by atoms with Crippen LogP contribution in [0.15, 0.2) is 71.9 Å². The number of aryl methyl sites for hydroxylation is 2. The number of benzene rings is 3. The van der Waals surface area contributed by atoms with Gasteiger partial charge in [0.2, 0.25) is 5.91 Å². The van der Waals surface area contributed by atoms with Crippen LogP contribution in [0.3, 0.4) is 0 Å². The zero-order valence-electron chi connectivity index (χ0n) is 19.2. The van der Waals surface area contributed by atoms with E-state index < -0.39 is 0 Å². The number of nitrogens with zero attached hydrogens (tertiary/aromatic N) is 3. The van der Waals surface area contributed by atoms with E-state index in [9.17, 15) is 4.79 Å². The van der Waals surface area contributed by atoms with Crippen LogP contribution in [0.1, 0.15) is 18.1 Å². The Kier molecular flexibility index (Phi) is 7.55. The molecule has 0 bridgehead atoms. The predicted octanol–water partition coefficient (Wildman–Crippen LogP) is 6.33. The maximum atomic E-state index is 12.7. The van der Waals surface area contributed by atoms with Crippen molar-refractivity contribution in [2.45, 2.75) is 25.9 Å². The molecule has 0 saturated carbocycles. The van der Waals surface area contributed by atoms with Crippen LogP contribution in [-0.4, -0.2) is 33.0 Å². The molecule has 3 aromatic carbocycles. The summed E-state index contributed by atoms with van der Waals surface area (Å²) < 4.78 is 7.55. The highest BCUT2D eigenvalue weighted by Crippen LogP contribution is 2.29. The highest BCUT2D eigenvalue weighted by atomic mass is 35.5. The molecule has 34 heavy (non-hydrogen) atoms. The van der Waals surface area contributed by atoms with Crippen molar-refractivity contribution < 1.29 is 9.53 Å². The number of carbonyl (C=O) groups is 1. The van der Waals surface area contributed by atoms with E-state index in [0.717, 1.165) is 28.3 Å². The Balaban J connectivity index is 1.60. The summed E-state index contributed by atoms with van der Waals surface area (Å²) in [4.78, 5) is 12.7. The minimum Gasteiger partial charge on any atom is -0.494 e. The van der Waals surface area contributed by atoms with Gasteiger partial charge in [-0.15, -0.1) is 10.2 Å². The van der Waals surface area contributed by atoms with Crippen molar-refractivity contribution in [3.63, 3.8) is 0 Å². The second-order valence-electron chi connectivity index (χ2n) is 7.73. The number of hydrogen-bond donors (Lipinski definition) is 1. The standard InChI is InChI=1S/C26H25ClN4O2S/c1-4-33-22-12-10-21(11-13-22)31-25(19-7-5-17(2)6-8-19)29-30-26(31)34-16-24(32)28-23-14-9-20(27)15-18(23)3/h5-15H,4,16H2,1-3H3,(H,28,32). The van der Waals surface area contributed by atoms with Crippen molar-refractivity contribution in [3.05, 3.63) is 82.9 Å². The van der Waals surface area contributed by atoms with E-state index >= 15 is 0 Å². The summed E-state index contributed by atoms with van der Waals surface area (Å²) in [5.74, 6) is 1.56. The summed E-state index contributed by atoms with van der Waals surface area (Å²) in [7, 11) is 0. The number of anilines is 1. The molecule has 174 valence electrons. The Morgan fingerprint density at radius 3 is 2.44 bits per heavy atom. The fourth-order valence-corrected chi connectivity index (χ4v) is 4.41. The van der Waals surface area contributed by atoms with Gasteiger partial charge in [-0.1, -0.05) is 53.2 Å². The first kappa shape index (κ1) is 23.9. The summed E-state index contributed by atoms with van der Waals surface area (Å²) in [6, 6.07) is 21.3. The maximum absolute atomic E-state index is 12.7. The van der Waals surface area contributed by atoms with Crippen LogP contribution in [0.25, 0.3) is 17.1 Å². The Morgan fingerprint density at radius 2 is 1.76 bits per heavy atom. The van der Waals surface area contributed by atoms with Crippen molar-refractivity contribution in [2.24, 2.45) is 0 Å². The Bertz CT molecular complexity index is 1290. The lowest BCUT2D eigenvalue weighted by molar-refractivity contribution is -0.113. The first-order chi connectivity index (χ1) is 16.4. The number of amides is 1. The van der Waals surface area contributed by atoms with Gasteiger partial charge in [0.25, 0.3) is 0 Å². The monoisotopic (exact) mass is 492 g/mol. The van der Waals surface area contributed by atoms with Crippen LogP contribution in [0.2, 0.25) is 5.02 Å². The summed E-state index contributed by atoms with van der Waals surface area (Å²) >= 11 is 7.35. The summed E-state index contributed by atoms with van der Waals surface area (Å²) in [6.45, 7) is 6.51. The minimum atomic E-state index is -0.131. The lowest BCUT2D eigenvalue weighted by Crippen LogP contribution is -2.15. The molecule has 1 aromatic heterocycles. The quantitative estimate of drug-likeness (QED) is 0.291. The zero-order chi connectivity index (χ0) is 24.1. The highest BCUT2D eigenvalue weighted by Gasteiger charge is 2.18. The molecule has 6 nitrogen and oxygen atoms in total. The van der Waals surface area contributed by atoms with E-state index in [-0.39, 0.29) is 11.7 Å². The van der Waals surface area contributed by atoms with E-state index in [1.54, 1.807) is 12.1 Å². The molecule has 0 fully saturated rings. The van der Waals surface area contributed by atoms with Crippen molar-refractivity contribution >= 4 is 35.0 Å². The fourth-order valence-electron chi connectivity index (χ4n) is 3.43. The van der Waals surface area contributed by atoms with Gasteiger partial charge in [0.1, 0.15) is 5.75 Å². The number of nitrogens with one attached hydrogen (secondary N) is 1. The van der Waals surface area contributed by atoms with Gasteiger partial charge in [0.15, 0.2) is 11.0 Å². The molecule has 0 aliphatic rings. The van der Waals surface area contributed by atoms with Gasteiger partial charge in [0.05, 0.1) is 12.4 Å². The molecule has 0 spiro atoms. The smallest absolute Gasteiger partial charge is 0.234 e. The van der Waals surface area contributed by atoms with Gasteiger partial charge in [-0.3, -0.25) is 9.36 Å². The SMILES string of the molecule is CCOc1ccc(-n2c(SCC(=O)Nc3ccc(Cl)cc3C)nnc2-c2ccc(C)cc2)cc1. The predicted molar refractivity (Wildman–Crippen MR) is 138 cm³/mol. The topological polar surface area (TPSA) is 69.0 Å². The van der Waals surface area contributed by atoms with Crippen molar-refractivity contribution in [1.29, 1.82) is 0 Å². The van der Waals surface area contributed by atoms with Crippen LogP contribution in [-0.2, 0) is 4.79 Å². The van der Waals surface area contributed by atoms with Gasteiger partial charge >= 0.3 is 0 Å². The van der Waals surface area contributed by atoms with Crippen molar-refractivity contribution in [1.82, 2.24) is 14.8 Å². The van der Waals surface area contributed by atoms with Gasteiger partial charge in [-0.25, -0.2) is 0 Å². The third kappa shape index (κ3) is 5.61. The number of hydrogen-bond acceptors (Lipinski definition) is 5. The molecular weight excluding hydrogens is 468 g/mol. The number of halogens is 1. The summed E-state index contributed by atoms with van der Waals surface area (Å²) in [6.07, 6.45) is 0. The number of thioether (sulfide) groups is 1. The highest BCUT2D eigenvalue weighted by molar-refractivity contribution is 7.99. The molecule has 1 heterocycles. The minimum absolute atomic E-state index is 0.131. The van der Waals surface area contributed by atoms with Gasteiger partial charge < -0.3 is 10.1 Å². The Morgan fingerprint density at radius 1 is 1.03 bits per heavy atom. The molecule has 4 aromatic rings. The van der Waals surface area contributed by atoms with E-state index in [4.69, 9.17) is 16.3 Å². The maximum Gasteiger partial charge on any atom is 0.234 e. The van der Waals surface area contributed by atoms with Crippen molar-refractivity contribution in [3.8, 4) is 22.8 Å². The molecule has 1 N–H and O–H groups in total. The third-order valence-corrected chi connectivity index (χ3v) is 6.31. The average Bonchev–Trinajstić information content (AvgIpc) is 3.25. The molecule has 0 aliphatic heterocycles. The van der Waals surface area contributed by atoms with Crippen LogP contribution >= 0.6 is 23.4 Å². The largest absolute Gasteiger partial charge is 0.494 e. The second-order valence-corrected chi connectivity index (χ2v) is 9.11. The molecule has 8 heteroatoms. The van der Waals surface area contributed by atoms with E-state index in [1.165, 1.54) is 17.3 Å². The van der Waals surface area contributed by atoms with Crippen LogP contribution < -0.4 is 10.1 Å². The Hall–Kier alpha value is -3.29. The number of aromatic nitrogens is 3. The molecular formula is C26H25ClN4O2S. The second kappa shape index (κ2) is 10.8. The fraction of sp³-hybridized carbons (Fsp3) is 0.192. The van der Waals surface area contributed by atoms with Crippen LogP contribution in [0.4, 0.5) is 5.69 Å². The molecule has 0 aliphatic carbocycles. The van der Waals surface area contributed by atoms with E-state index in [0.29, 0.717) is 22.6 Å². The summed E-state index contributed by atoms with van der Waals surface area (Å²) in [5.41, 5.74) is 4.65. The average molecular weight is 493 g/mol. The molecule has 0 unspecified atom stereocenters. The van der Waals surface area contributed by atoms with Crippen LogP contribution in [0, 0.1) is 13.8 Å². The molecule has 1 amide bonds. The normalized spacial score (nSPS) is 10.8. The lowest BCUT2D eigenvalue weighted by atomic mass is 10.1. The number of ether oxygens (including phenoxy) is 1. The van der Waals surface area contributed by atoms with Crippen LogP contribution in [0.5, 0.6) is 5.75 Å². The molecule has 4 rings (SSSR count). The first-order valence-electron chi connectivity index (χ1n) is 10.9. The summed E-state index contributed by atoms with van der Waals surface area (Å²) in [5, 5.41) is 13.1. The first-order valence-corrected chi connectivity index (χ1v) is 12.3. The third-order valence-electron chi connectivity index (χ3n) is 5.14. The molecule has 0 radical (unpaired) electrons. The Labute approximate surface area is 208 Å². The molecule has 0 saturated heterocycles. The van der Waals surface area contributed by atoms with Crippen molar-refractivity contribution in [2.75, 3.05) is 17.7 Å². The lowest BCUT2D eigenvalue weighted by Gasteiger charge is -2.12. The number of carbonyl (C=O) groups excluding carboxylic acids is 1. The van der Waals surface area contributed by atoms with E-state index in [2.05, 4.69) is 15.5 Å². The van der Waals surface area contributed by atoms with Gasteiger partial charge in [-0.05, 0) is 68.8 Å². The molecule has 0 atom stereocenters. The number of rotatable bonds is 8. The van der Waals surface area contributed by atoms with E-state index in [1.807, 2.05) is 79.9 Å². The van der Waals surface area contributed by atoms with Gasteiger partial charge in [0, 0.05) is 22.0 Å². The zero-order valence-corrected chi connectivity index (χ0v) is 20.8. The van der Waals surface area contributed by atoms with Gasteiger partial charge in [-0.2, -0.15) is 0 Å².